The Labute approximate surface area is 81.8 Å². The van der Waals surface area contributed by atoms with Crippen LogP contribution in [0.3, 0.4) is 0 Å². The number of alkyl halides is 1. The van der Waals surface area contributed by atoms with Crippen LogP contribution in [0, 0.1) is 0 Å². The van der Waals surface area contributed by atoms with Gasteiger partial charge in [-0.15, -0.1) is 0 Å². The highest BCUT2D eigenvalue weighted by Crippen LogP contribution is 2.07. The highest BCUT2D eigenvalue weighted by atomic mass is 127. The standard InChI is InChI=1S/C8H15IO2/c1-3-6-11-8(10)5-4-7(2)9/h7H,3-6H2,1-2H3. The Balaban J connectivity index is 3.23. The highest BCUT2D eigenvalue weighted by Gasteiger charge is 2.03. The number of ether oxygens (including phenoxy) is 1. The number of hydrogen-bond acceptors (Lipinski definition) is 2. The third-order valence-corrected chi connectivity index (χ3v) is 1.84. The molecule has 0 rings (SSSR count). The molecule has 0 bridgehead atoms. The van der Waals surface area contributed by atoms with Crippen LogP contribution < -0.4 is 0 Å². The van der Waals surface area contributed by atoms with Crippen LogP contribution in [0.5, 0.6) is 0 Å². The number of halogens is 1. The number of carbonyl (C=O) groups is 1. The molecule has 3 heteroatoms. The average molecular weight is 270 g/mol. The molecule has 0 radical (unpaired) electrons. The maximum Gasteiger partial charge on any atom is 0.305 e. The van der Waals surface area contributed by atoms with Crippen molar-refractivity contribution in [2.24, 2.45) is 0 Å². The molecule has 0 aromatic carbocycles. The Kier molecular flexibility index (Phi) is 7.01. The topological polar surface area (TPSA) is 26.3 Å². The lowest BCUT2D eigenvalue weighted by molar-refractivity contribution is -0.143. The van der Waals surface area contributed by atoms with Gasteiger partial charge in [-0.25, -0.2) is 0 Å². The Morgan fingerprint density at radius 1 is 1.64 bits per heavy atom. The molecule has 0 N–H and O–H groups in total. The van der Waals surface area contributed by atoms with Crippen LogP contribution in [0.15, 0.2) is 0 Å². The van der Waals surface area contributed by atoms with E-state index >= 15 is 0 Å². The molecule has 2 nitrogen and oxygen atoms in total. The van der Waals surface area contributed by atoms with E-state index < -0.39 is 0 Å². The molecular formula is C8H15IO2. The number of hydrogen-bond donors (Lipinski definition) is 0. The number of carbonyl (C=O) groups excluding carboxylic acids is 1. The molecule has 0 aromatic heterocycles. The molecule has 1 unspecified atom stereocenters. The van der Waals surface area contributed by atoms with Gasteiger partial charge in [0.05, 0.1) is 6.61 Å². The SMILES string of the molecule is CCCOC(=O)CCC(C)I. The molecule has 0 spiro atoms. The summed E-state index contributed by atoms with van der Waals surface area (Å²) in [5.41, 5.74) is 0. The van der Waals surface area contributed by atoms with Gasteiger partial charge in [0.1, 0.15) is 0 Å². The van der Waals surface area contributed by atoms with Crippen molar-refractivity contribution in [2.45, 2.75) is 37.0 Å². The van der Waals surface area contributed by atoms with E-state index in [1.165, 1.54) is 0 Å². The van der Waals surface area contributed by atoms with Crippen molar-refractivity contribution in [1.29, 1.82) is 0 Å². The second-order valence-electron chi connectivity index (χ2n) is 2.54. The van der Waals surface area contributed by atoms with Crippen molar-refractivity contribution in [3.63, 3.8) is 0 Å². The summed E-state index contributed by atoms with van der Waals surface area (Å²) in [7, 11) is 0. The van der Waals surface area contributed by atoms with Gasteiger partial charge in [0.25, 0.3) is 0 Å². The van der Waals surface area contributed by atoms with Crippen LogP contribution in [0.1, 0.15) is 33.1 Å². The monoisotopic (exact) mass is 270 g/mol. The van der Waals surface area contributed by atoms with Gasteiger partial charge in [0, 0.05) is 10.3 Å². The maximum absolute atomic E-state index is 10.9. The summed E-state index contributed by atoms with van der Waals surface area (Å²) in [6.07, 6.45) is 2.39. The fourth-order valence-corrected chi connectivity index (χ4v) is 0.916. The lowest BCUT2D eigenvalue weighted by Gasteiger charge is -2.03. The molecule has 0 fully saturated rings. The minimum Gasteiger partial charge on any atom is -0.466 e. The Bertz CT molecular complexity index is 113. The summed E-state index contributed by atoms with van der Waals surface area (Å²) in [6, 6.07) is 0. The predicted octanol–water partition coefficient (Wildman–Crippen LogP) is 2.54. The fraction of sp³-hybridized carbons (Fsp3) is 0.875. The van der Waals surface area contributed by atoms with Crippen molar-refractivity contribution >= 4 is 28.6 Å². The third kappa shape index (κ3) is 8.10. The predicted molar refractivity (Wildman–Crippen MR) is 54.0 cm³/mol. The third-order valence-electron chi connectivity index (χ3n) is 1.21. The summed E-state index contributed by atoms with van der Waals surface area (Å²) >= 11 is 2.31. The first kappa shape index (κ1) is 11.2. The van der Waals surface area contributed by atoms with Crippen molar-refractivity contribution in [3.8, 4) is 0 Å². The first-order valence-electron chi connectivity index (χ1n) is 3.96. The first-order chi connectivity index (χ1) is 5.16. The van der Waals surface area contributed by atoms with E-state index in [1.807, 2.05) is 6.92 Å². The van der Waals surface area contributed by atoms with Crippen LogP contribution in [0.2, 0.25) is 0 Å². The largest absolute Gasteiger partial charge is 0.466 e. The van der Waals surface area contributed by atoms with E-state index in [2.05, 4.69) is 29.5 Å². The molecule has 0 aliphatic heterocycles. The molecule has 0 aromatic rings. The molecule has 0 saturated carbocycles. The van der Waals surface area contributed by atoms with E-state index in [9.17, 15) is 4.79 Å². The highest BCUT2D eigenvalue weighted by molar-refractivity contribution is 14.1. The van der Waals surface area contributed by atoms with E-state index in [-0.39, 0.29) is 5.97 Å². The van der Waals surface area contributed by atoms with Crippen LogP contribution in [-0.2, 0) is 9.53 Å². The fourth-order valence-electron chi connectivity index (χ4n) is 0.605. The molecule has 1 atom stereocenters. The van der Waals surface area contributed by atoms with Crippen molar-refractivity contribution < 1.29 is 9.53 Å². The second kappa shape index (κ2) is 6.88. The minimum absolute atomic E-state index is 0.0598. The Morgan fingerprint density at radius 3 is 2.73 bits per heavy atom. The van der Waals surface area contributed by atoms with E-state index in [4.69, 9.17) is 4.74 Å². The van der Waals surface area contributed by atoms with Crippen LogP contribution in [-0.4, -0.2) is 16.5 Å². The quantitative estimate of drug-likeness (QED) is 0.436. The lowest BCUT2D eigenvalue weighted by Crippen LogP contribution is -2.06. The van der Waals surface area contributed by atoms with Gasteiger partial charge in [-0.2, -0.15) is 0 Å². The van der Waals surface area contributed by atoms with Gasteiger partial charge in [-0.1, -0.05) is 36.4 Å². The van der Waals surface area contributed by atoms with E-state index in [0.717, 1.165) is 12.8 Å². The van der Waals surface area contributed by atoms with Gasteiger partial charge in [-0.05, 0) is 12.8 Å². The molecule has 11 heavy (non-hydrogen) atoms. The van der Waals surface area contributed by atoms with E-state index in [0.29, 0.717) is 17.0 Å². The number of rotatable bonds is 5. The lowest BCUT2D eigenvalue weighted by atomic mass is 10.2. The van der Waals surface area contributed by atoms with Crippen LogP contribution >= 0.6 is 22.6 Å². The maximum atomic E-state index is 10.9. The molecule has 0 amide bonds. The van der Waals surface area contributed by atoms with Gasteiger partial charge in [-0.3, -0.25) is 4.79 Å². The summed E-state index contributed by atoms with van der Waals surface area (Å²) in [4.78, 5) is 10.9. The zero-order valence-electron chi connectivity index (χ0n) is 7.10. The number of esters is 1. The van der Waals surface area contributed by atoms with Crippen LogP contribution in [0.25, 0.3) is 0 Å². The van der Waals surface area contributed by atoms with Crippen LogP contribution in [0.4, 0.5) is 0 Å². The normalized spacial score (nSPS) is 12.6. The molecule has 66 valence electrons. The van der Waals surface area contributed by atoms with Crippen molar-refractivity contribution in [3.05, 3.63) is 0 Å². The Morgan fingerprint density at radius 2 is 2.27 bits per heavy atom. The summed E-state index contributed by atoms with van der Waals surface area (Å²) in [6.45, 7) is 4.65. The summed E-state index contributed by atoms with van der Waals surface area (Å²) in [5.74, 6) is -0.0598. The smallest absolute Gasteiger partial charge is 0.305 e. The molecular weight excluding hydrogens is 255 g/mol. The van der Waals surface area contributed by atoms with E-state index in [1.54, 1.807) is 0 Å². The molecule has 0 heterocycles. The first-order valence-corrected chi connectivity index (χ1v) is 5.21. The zero-order chi connectivity index (χ0) is 8.69. The molecule has 0 saturated heterocycles. The zero-order valence-corrected chi connectivity index (χ0v) is 9.26. The van der Waals surface area contributed by atoms with Gasteiger partial charge in [0.15, 0.2) is 0 Å². The van der Waals surface area contributed by atoms with Crippen molar-refractivity contribution in [1.82, 2.24) is 0 Å². The van der Waals surface area contributed by atoms with Gasteiger partial charge >= 0.3 is 5.97 Å². The summed E-state index contributed by atoms with van der Waals surface area (Å²) < 4.78 is 5.46. The Hall–Kier alpha value is 0.200. The molecule has 0 aliphatic carbocycles. The summed E-state index contributed by atoms with van der Waals surface area (Å²) in [5, 5.41) is 0. The van der Waals surface area contributed by atoms with Gasteiger partial charge in [0.2, 0.25) is 0 Å². The average Bonchev–Trinajstić information content (AvgIpc) is 1.97. The molecule has 0 aliphatic rings. The van der Waals surface area contributed by atoms with Crippen molar-refractivity contribution in [2.75, 3.05) is 6.61 Å². The second-order valence-corrected chi connectivity index (χ2v) is 4.67. The van der Waals surface area contributed by atoms with Gasteiger partial charge < -0.3 is 4.74 Å². The minimum atomic E-state index is -0.0598.